The maximum absolute atomic E-state index is 11.9. The van der Waals surface area contributed by atoms with Crippen LogP contribution in [0.1, 0.15) is 24.0 Å². The maximum Gasteiger partial charge on any atom is 0.288 e. The van der Waals surface area contributed by atoms with Gasteiger partial charge in [-0.05, 0) is 24.6 Å². The minimum absolute atomic E-state index is 0.00209. The van der Waals surface area contributed by atoms with Crippen LogP contribution in [0, 0.1) is 17.0 Å². The molecule has 0 saturated carbocycles. The highest BCUT2D eigenvalue weighted by Crippen LogP contribution is 2.24. The first-order chi connectivity index (χ1) is 12.9. The molecule has 8 nitrogen and oxygen atoms in total. The third-order valence-electron chi connectivity index (χ3n) is 3.57. The number of anilines is 1. The number of nitro groups is 1. The van der Waals surface area contributed by atoms with Crippen molar-refractivity contribution in [1.29, 1.82) is 0 Å². The molecular weight excluding hydrogens is 372 g/mol. The molecule has 140 valence electrons. The highest BCUT2D eigenvalue weighted by molar-refractivity contribution is 6.32. The summed E-state index contributed by atoms with van der Waals surface area (Å²) in [4.78, 5) is 33.9. The highest BCUT2D eigenvalue weighted by Gasteiger charge is 2.12. The fraction of sp³-hybridized carbons (Fsp3) is 0.167. The second-order valence-corrected chi connectivity index (χ2v) is 6.03. The molecule has 2 aromatic carbocycles. The van der Waals surface area contributed by atoms with Crippen molar-refractivity contribution >= 4 is 41.0 Å². The third kappa shape index (κ3) is 6.19. The van der Waals surface area contributed by atoms with Crippen molar-refractivity contribution in [2.45, 2.75) is 19.8 Å². The molecule has 0 atom stereocenters. The zero-order chi connectivity index (χ0) is 19.8. The largest absolute Gasteiger partial charge is 0.326 e. The number of nitrogens with zero attached hydrogens (tertiary/aromatic N) is 2. The number of aryl methyl sites for hydroxylation is 1. The van der Waals surface area contributed by atoms with Crippen LogP contribution in [0.3, 0.4) is 0 Å². The van der Waals surface area contributed by atoms with Crippen LogP contribution < -0.4 is 10.7 Å². The Morgan fingerprint density at radius 2 is 1.89 bits per heavy atom. The molecule has 2 aromatic rings. The average Bonchev–Trinajstić information content (AvgIpc) is 2.63. The summed E-state index contributed by atoms with van der Waals surface area (Å²) in [5.74, 6) is -0.730. The van der Waals surface area contributed by atoms with Gasteiger partial charge in [0.25, 0.3) is 5.69 Å². The predicted octanol–water partition coefficient (Wildman–Crippen LogP) is 3.43. The summed E-state index contributed by atoms with van der Waals surface area (Å²) in [6.45, 7) is 1.87. The predicted molar refractivity (Wildman–Crippen MR) is 103 cm³/mol. The van der Waals surface area contributed by atoms with Gasteiger partial charge in [-0.25, -0.2) is 5.43 Å². The first-order valence-corrected chi connectivity index (χ1v) is 8.36. The number of hydrazone groups is 1. The molecule has 0 aromatic heterocycles. The molecule has 9 heteroatoms. The van der Waals surface area contributed by atoms with Gasteiger partial charge < -0.3 is 5.32 Å². The van der Waals surface area contributed by atoms with Crippen molar-refractivity contribution in [3.05, 3.63) is 68.7 Å². The van der Waals surface area contributed by atoms with E-state index in [1.54, 1.807) is 6.07 Å². The Morgan fingerprint density at radius 1 is 1.19 bits per heavy atom. The lowest BCUT2D eigenvalue weighted by molar-refractivity contribution is -0.384. The number of rotatable bonds is 7. The molecule has 0 aliphatic carbocycles. The Hall–Kier alpha value is -3.26. The van der Waals surface area contributed by atoms with Gasteiger partial charge in [0.05, 0.1) is 11.1 Å². The van der Waals surface area contributed by atoms with Crippen LogP contribution in [0.15, 0.2) is 47.6 Å². The van der Waals surface area contributed by atoms with Crippen LogP contribution in [-0.2, 0) is 9.59 Å². The smallest absolute Gasteiger partial charge is 0.288 e. The van der Waals surface area contributed by atoms with Gasteiger partial charge in [-0.15, -0.1) is 0 Å². The van der Waals surface area contributed by atoms with E-state index in [2.05, 4.69) is 15.8 Å². The summed E-state index contributed by atoms with van der Waals surface area (Å²) in [7, 11) is 0. The van der Waals surface area contributed by atoms with Gasteiger partial charge >= 0.3 is 0 Å². The minimum atomic E-state index is -0.606. The number of hydrogen-bond acceptors (Lipinski definition) is 5. The summed E-state index contributed by atoms with van der Waals surface area (Å²) in [5, 5.41) is 17.3. The van der Waals surface area contributed by atoms with Crippen molar-refractivity contribution in [2.24, 2.45) is 5.10 Å². The number of carbonyl (C=O) groups is 2. The summed E-state index contributed by atoms with van der Waals surface area (Å²) >= 11 is 5.72. The van der Waals surface area contributed by atoms with Gasteiger partial charge in [-0.1, -0.05) is 35.9 Å². The van der Waals surface area contributed by atoms with Gasteiger partial charge in [0.15, 0.2) is 0 Å². The summed E-state index contributed by atoms with van der Waals surface area (Å²) in [6, 6.07) is 11.5. The number of para-hydroxylation sites is 1. The molecule has 0 aliphatic rings. The minimum Gasteiger partial charge on any atom is -0.326 e. The quantitative estimate of drug-likeness (QED) is 0.429. The second kappa shape index (κ2) is 9.44. The number of amides is 2. The van der Waals surface area contributed by atoms with Gasteiger partial charge in [0.2, 0.25) is 11.8 Å². The van der Waals surface area contributed by atoms with Crippen molar-refractivity contribution < 1.29 is 14.5 Å². The van der Waals surface area contributed by atoms with E-state index in [0.717, 1.165) is 5.56 Å². The first kappa shape index (κ1) is 20.1. The van der Waals surface area contributed by atoms with Gasteiger partial charge in [0, 0.05) is 30.2 Å². The number of halogens is 1. The van der Waals surface area contributed by atoms with E-state index in [4.69, 9.17) is 11.6 Å². The molecule has 0 spiro atoms. The molecule has 27 heavy (non-hydrogen) atoms. The van der Waals surface area contributed by atoms with Crippen LogP contribution in [-0.4, -0.2) is 23.0 Å². The van der Waals surface area contributed by atoms with Crippen LogP contribution in [0.2, 0.25) is 5.02 Å². The van der Waals surface area contributed by atoms with E-state index in [0.29, 0.717) is 11.3 Å². The van der Waals surface area contributed by atoms with E-state index < -0.39 is 10.8 Å². The molecule has 0 bridgehead atoms. The van der Waals surface area contributed by atoms with E-state index in [1.165, 1.54) is 24.4 Å². The third-order valence-corrected chi connectivity index (χ3v) is 3.89. The lowest BCUT2D eigenvalue weighted by Crippen LogP contribution is -2.20. The Kier molecular flexibility index (Phi) is 7.01. The summed E-state index contributed by atoms with van der Waals surface area (Å²) in [5.41, 5.74) is 4.06. The molecule has 0 unspecified atom stereocenters. The number of nitrogens with one attached hydrogen (secondary N) is 2. The van der Waals surface area contributed by atoms with Crippen molar-refractivity contribution in [3.8, 4) is 0 Å². The summed E-state index contributed by atoms with van der Waals surface area (Å²) in [6.07, 6.45) is 1.21. The Labute approximate surface area is 160 Å². The van der Waals surface area contributed by atoms with Crippen LogP contribution in [0.5, 0.6) is 0 Å². The Balaban J connectivity index is 1.81. The van der Waals surface area contributed by atoms with E-state index in [1.807, 2.05) is 25.1 Å². The number of nitro benzene ring substituents is 1. The fourth-order valence-electron chi connectivity index (χ4n) is 2.14. The zero-order valence-corrected chi connectivity index (χ0v) is 15.2. The molecule has 2 amide bonds. The van der Waals surface area contributed by atoms with Gasteiger partial charge in [0.1, 0.15) is 5.02 Å². The van der Waals surface area contributed by atoms with E-state index in [-0.39, 0.29) is 29.5 Å². The monoisotopic (exact) mass is 388 g/mol. The maximum atomic E-state index is 11.9. The number of benzene rings is 2. The van der Waals surface area contributed by atoms with Gasteiger partial charge in [-0.2, -0.15) is 5.10 Å². The van der Waals surface area contributed by atoms with Gasteiger partial charge in [-0.3, -0.25) is 19.7 Å². The molecule has 2 rings (SSSR count). The topological polar surface area (TPSA) is 114 Å². The standard InChI is InChI=1S/C18H17ClN4O4/c1-12-4-2-3-5-15(12)21-17(24)8-9-18(25)22-20-11-13-6-7-14(19)16(10-13)23(26)27/h2-7,10-11H,8-9H2,1H3,(H,21,24)(H,22,25). The lowest BCUT2D eigenvalue weighted by atomic mass is 10.2. The molecule has 0 aliphatic heterocycles. The van der Waals surface area contributed by atoms with Crippen LogP contribution in [0.25, 0.3) is 0 Å². The average molecular weight is 389 g/mol. The Morgan fingerprint density at radius 3 is 2.59 bits per heavy atom. The van der Waals surface area contributed by atoms with Crippen molar-refractivity contribution in [2.75, 3.05) is 5.32 Å². The normalized spacial score (nSPS) is 10.6. The number of carbonyl (C=O) groups excluding carboxylic acids is 2. The molecule has 0 saturated heterocycles. The fourth-order valence-corrected chi connectivity index (χ4v) is 2.32. The molecular formula is C18H17ClN4O4. The number of hydrogen-bond donors (Lipinski definition) is 2. The molecule has 0 radical (unpaired) electrons. The molecule has 0 heterocycles. The van der Waals surface area contributed by atoms with Crippen molar-refractivity contribution in [3.63, 3.8) is 0 Å². The Bertz CT molecular complexity index is 899. The lowest BCUT2D eigenvalue weighted by Gasteiger charge is -2.07. The van der Waals surface area contributed by atoms with Crippen LogP contribution >= 0.6 is 11.6 Å². The van der Waals surface area contributed by atoms with Crippen LogP contribution in [0.4, 0.5) is 11.4 Å². The van der Waals surface area contributed by atoms with E-state index >= 15 is 0 Å². The second-order valence-electron chi connectivity index (χ2n) is 5.62. The highest BCUT2D eigenvalue weighted by atomic mass is 35.5. The van der Waals surface area contributed by atoms with E-state index in [9.17, 15) is 19.7 Å². The van der Waals surface area contributed by atoms with Crippen molar-refractivity contribution in [1.82, 2.24) is 5.43 Å². The zero-order valence-electron chi connectivity index (χ0n) is 14.4. The summed E-state index contributed by atoms with van der Waals surface area (Å²) < 4.78 is 0. The SMILES string of the molecule is Cc1ccccc1NC(=O)CCC(=O)NN=Cc1ccc(Cl)c([N+](=O)[O-])c1. The first-order valence-electron chi connectivity index (χ1n) is 7.98. The molecule has 0 fully saturated rings. The molecule has 2 N–H and O–H groups in total.